The lowest BCUT2D eigenvalue weighted by atomic mass is 9.65. The smallest absolute Gasteiger partial charge is 0.315 e. The minimum absolute atomic E-state index is 0.0222. The number of carbonyl (C=O) groups is 1. The fourth-order valence-corrected chi connectivity index (χ4v) is 5.81. The Bertz CT molecular complexity index is 410. The van der Waals surface area contributed by atoms with Gasteiger partial charge in [0.2, 0.25) is 0 Å². The van der Waals surface area contributed by atoms with E-state index in [1.165, 1.54) is 6.42 Å². The van der Waals surface area contributed by atoms with E-state index in [1.807, 2.05) is 0 Å². The largest absolute Gasteiger partial charge is 0.351 e. The van der Waals surface area contributed by atoms with Gasteiger partial charge in [0.1, 0.15) is 0 Å². The Morgan fingerprint density at radius 2 is 1.86 bits per heavy atom. The minimum atomic E-state index is -0.196. The van der Waals surface area contributed by atoms with Gasteiger partial charge in [0.15, 0.2) is 0 Å². The third kappa shape index (κ3) is 2.26. The van der Waals surface area contributed by atoms with Crippen LogP contribution in [0, 0.1) is 23.7 Å². The molecule has 3 N–H and O–H groups in total. The zero-order valence-corrected chi connectivity index (χ0v) is 13.9. The number of hydrogen-bond donors (Lipinski definition) is 2. The Hall–Kier alpha value is -0.770. The van der Waals surface area contributed by atoms with Gasteiger partial charge in [0, 0.05) is 17.6 Å². The van der Waals surface area contributed by atoms with E-state index < -0.39 is 0 Å². The molecule has 4 bridgehead atoms. The molecule has 3 saturated heterocycles. The summed E-state index contributed by atoms with van der Waals surface area (Å²) in [6, 6.07) is 0.607. The van der Waals surface area contributed by atoms with Crippen LogP contribution in [0.5, 0.6) is 0 Å². The lowest BCUT2D eigenvalue weighted by Gasteiger charge is -2.46. The Labute approximate surface area is 128 Å². The van der Waals surface area contributed by atoms with Crippen LogP contribution in [0.1, 0.15) is 53.4 Å². The van der Waals surface area contributed by atoms with Crippen molar-refractivity contribution >= 4 is 6.03 Å². The number of urea groups is 1. The molecule has 4 fully saturated rings. The Balaban J connectivity index is 2.03. The van der Waals surface area contributed by atoms with E-state index in [1.54, 1.807) is 0 Å². The monoisotopic (exact) mass is 293 g/mol. The molecule has 2 amide bonds. The molecule has 3 heterocycles. The molecule has 3 aliphatic heterocycles. The van der Waals surface area contributed by atoms with Crippen molar-refractivity contribution in [2.75, 3.05) is 6.54 Å². The summed E-state index contributed by atoms with van der Waals surface area (Å²) in [4.78, 5) is 14.4. The van der Waals surface area contributed by atoms with Crippen LogP contribution in [0.3, 0.4) is 0 Å². The summed E-state index contributed by atoms with van der Waals surface area (Å²) in [6.45, 7) is 10.2. The summed E-state index contributed by atoms with van der Waals surface area (Å²) in [5.74, 6) is 2.49. The molecule has 0 aromatic heterocycles. The Kier molecular flexibility index (Phi) is 3.71. The van der Waals surface area contributed by atoms with Gasteiger partial charge in [-0.15, -0.1) is 0 Å². The zero-order chi connectivity index (χ0) is 15.4. The number of nitrogens with two attached hydrogens (primary N) is 1. The topological polar surface area (TPSA) is 58.4 Å². The Morgan fingerprint density at radius 3 is 2.33 bits per heavy atom. The Morgan fingerprint density at radius 1 is 1.24 bits per heavy atom. The number of likely N-dealkylation sites (tertiary alicyclic amines) is 1. The van der Waals surface area contributed by atoms with Crippen LogP contribution in [0.25, 0.3) is 0 Å². The first-order valence-electron chi connectivity index (χ1n) is 8.67. The molecule has 21 heavy (non-hydrogen) atoms. The number of primary amides is 1. The van der Waals surface area contributed by atoms with Gasteiger partial charge < -0.3 is 16.0 Å². The zero-order valence-electron chi connectivity index (χ0n) is 13.9. The maximum Gasteiger partial charge on any atom is 0.315 e. The number of piperidine rings is 2. The standard InChI is InChI=1S/C17H31N3O/c1-10(2)7-17(8-11(3)4)13-5-12-6-14(15(13)19-9-12)20(17)16(18)21/h10-15,19H,5-9H2,1-4H3,(H2,18,21). The molecule has 0 spiro atoms. The molecule has 4 aliphatic rings. The van der Waals surface area contributed by atoms with Gasteiger partial charge in [-0.2, -0.15) is 0 Å². The minimum Gasteiger partial charge on any atom is -0.351 e. The summed E-state index contributed by atoms with van der Waals surface area (Å²) < 4.78 is 0. The second kappa shape index (κ2) is 5.15. The quantitative estimate of drug-likeness (QED) is 0.837. The maximum atomic E-state index is 12.3. The van der Waals surface area contributed by atoms with Crippen LogP contribution in [-0.2, 0) is 0 Å². The third-order valence-corrected chi connectivity index (χ3v) is 5.91. The summed E-state index contributed by atoms with van der Waals surface area (Å²) in [5.41, 5.74) is 5.85. The molecule has 0 radical (unpaired) electrons. The summed E-state index contributed by atoms with van der Waals surface area (Å²) >= 11 is 0. The molecule has 1 aliphatic carbocycles. The molecule has 0 aromatic rings. The molecule has 0 aromatic carbocycles. The third-order valence-electron chi connectivity index (χ3n) is 5.91. The van der Waals surface area contributed by atoms with Crippen molar-refractivity contribution in [2.45, 2.75) is 71.0 Å². The van der Waals surface area contributed by atoms with E-state index >= 15 is 0 Å². The van der Waals surface area contributed by atoms with Gasteiger partial charge in [0.25, 0.3) is 0 Å². The molecule has 4 heteroatoms. The lowest BCUT2D eigenvalue weighted by molar-refractivity contribution is 0.0698. The number of fused-ring (bicyclic) bond motifs is 1. The normalized spacial score (nSPS) is 36.8. The van der Waals surface area contributed by atoms with E-state index in [-0.39, 0.29) is 11.6 Å². The van der Waals surface area contributed by atoms with E-state index in [0.717, 1.165) is 31.7 Å². The number of amides is 2. The van der Waals surface area contributed by atoms with Crippen molar-refractivity contribution < 1.29 is 4.79 Å². The number of nitrogens with one attached hydrogen (secondary N) is 1. The molecule has 1 saturated carbocycles. The van der Waals surface area contributed by atoms with Crippen LogP contribution in [-0.4, -0.2) is 35.1 Å². The van der Waals surface area contributed by atoms with Crippen LogP contribution in [0.2, 0.25) is 0 Å². The van der Waals surface area contributed by atoms with Gasteiger partial charge in [-0.05, 0) is 55.9 Å². The molecule has 4 atom stereocenters. The second-order valence-electron chi connectivity index (χ2n) is 8.45. The van der Waals surface area contributed by atoms with E-state index in [0.29, 0.717) is 29.8 Å². The van der Waals surface area contributed by atoms with E-state index in [4.69, 9.17) is 5.73 Å². The molecular formula is C17H31N3O. The van der Waals surface area contributed by atoms with E-state index in [9.17, 15) is 4.79 Å². The first-order chi connectivity index (χ1) is 9.85. The van der Waals surface area contributed by atoms with Gasteiger partial charge in [-0.3, -0.25) is 0 Å². The lowest BCUT2D eigenvalue weighted by Crippen LogP contribution is -2.57. The highest BCUT2D eigenvalue weighted by Gasteiger charge is 2.64. The van der Waals surface area contributed by atoms with Gasteiger partial charge in [-0.25, -0.2) is 4.79 Å². The van der Waals surface area contributed by atoms with Crippen LogP contribution in [0.15, 0.2) is 0 Å². The van der Waals surface area contributed by atoms with Crippen LogP contribution < -0.4 is 11.1 Å². The molecule has 120 valence electrons. The number of rotatable bonds is 4. The average Bonchev–Trinajstić information content (AvgIpc) is 2.54. The summed E-state index contributed by atoms with van der Waals surface area (Å²) in [7, 11) is 0. The number of nitrogens with zero attached hydrogens (tertiary/aromatic N) is 1. The van der Waals surface area contributed by atoms with Gasteiger partial charge in [0.05, 0.1) is 0 Å². The highest BCUT2D eigenvalue weighted by atomic mass is 16.2. The van der Waals surface area contributed by atoms with Crippen molar-refractivity contribution in [3.8, 4) is 0 Å². The van der Waals surface area contributed by atoms with Crippen molar-refractivity contribution in [1.82, 2.24) is 10.2 Å². The molecule has 4 unspecified atom stereocenters. The van der Waals surface area contributed by atoms with Gasteiger partial charge in [-0.1, -0.05) is 27.7 Å². The van der Waals surface area contributed by atoms with Crippen molar-refractivity contribution in [3.05, 3.63) is 0 Å². The van der Waals surface area contributed by atoms with Crippen molar-refractivity contribution in [3.63, 3.8) is 0 Å². The highest BCUT2D eigenvalue weighted by molar-refractivity contribution is 5.74. The predicted octanol–water partition coefficient (Wildman–Crippen LogP) is 2.58. The maximum absolute atomic E-state index is 12.3. The number of carbonyl (C=O) groups excluding carboxylic acids is 1. The van der Waals surface area contributed by atoms with Gasteiger partial charge >= 0.3 is 6.03 Å². The fraction of sp³-hybridized carbons (Fsp3) is 0.941. The predicted molar refractivity (Wildman–Crippen MR) is 84.9 cm³/mol. The number of hydrogen-bond acceptors (Lipinski definition) is 2. The molecule has 4 rings (SSSR count). The molecule has 4 nitrogen and oxygen atoms in total. The fourth-order valence-electron chi connectivity index (χ4n) is 5.81. The van der Waals surface area contributed by atoms with E-state index in [2.05, 4.69) is 37.9 Å². The average molecular weight is 293 g/mol. The van der Waals surface area contributed by atoms with Crippen molar-refractivity contribution in [1.29, 1.82) is 0 Å². The second-order valence-corrected chi connectivity index (χ2v) is 8.45. The first-order valence-corrected chi connectivity index (χ1v) is 8.67. The van der Waals surface area contributed by atoms with Crippen LogP contribution >= 0.6 is 0 Å². The summed E-state index contributed by atoms with van der Waals surface area (Å²) in [5, 5.41) is 3.72. The SMILES string of the molecule is CC(C)CC1(CC(C)C)C2CC3CNC2C(C3)N1C(N)=O. The highest BCUT2D eigenvalue weighted by Crippen LogP contribution is 2.55. The first kappa shape index (κ1) is 15.1. The van der Waals surface area contributed by atoms with Crippen LogP contribution in [0.4, 0.5) is 4.79 Å². The summed E-state index contributed by atoms with van der Waals surface area (Å²) in [6.07, 6.45) is 4.59. The van der Waals surface area contributed by atoms with Crippen molar-refractivity contribution in [2.24, 2.45) is 29.4 Å². The molecular weight excluding hydrogens is 262 g/mol.